The first-order valence-electron chi connectivity index (χ1n) is 8.29. The summed E-state index contributed by atoms with van der Waals surface area (Å²) >= 11 is 5.87. The van der Waals surface area contributed by atoms with E-state index in [4.69, 9.17) is 11.6 Å². The van der Waals surface area contributed by atoms with Crippen LogP contribution in [-0.2, 0) is 0 Å². The van der Waals surface area contributed by atoms with Gasteiger partial charge in [-0.3, -0.25) is 15.0 Å². The Kier molecular flexibility index (Phi) is 5.09. The molecule has 136 valence electrons. The van der Waals surface area contributed by atoms with Crippen molar-refractivity contribution in [3.63, 3.8) is 0 Å². The average molecular weight is 387 g/mol. The Morgan fingerprint density at radius 2 is 1.88 bits per heavy atom. The van der Waals surface area contributed by atoms with Gasteiger partial charge in [0.1, 0.15) is 5.02 Å². The largest absolute Gasteiger partial charge is 0.324 e. The van der Waals surface area contributed by atoms with Crippen LogP contribution in [0.1, 0.15) is 12.8 Å². The van der Waals surface area contributed by atoms with Crippen molar-refractivity contribution in [2.45, 2.75) is 18.9 Å². The molecule has 0 radical (unpaired) electrons. The molecule has 0 spiro atoms. The first-order valence-corrected chi connectivity index (χ1v) is 8.67. The molecule has 1 aromatic rings. The molecule has 1 atom stereocenters. The van der Waals surface area contributed by atoms with Gasteiger partial charge in [-0.15, -0.1) is 12.4 Å². The van der Waals surface area contributed by atoms with Crippen molar-refractivity contribution < 1.29 is 9.72 Å². The van der Waals surface area contributed by atoms with Gasteiger partial charge in [0.15, 0.2) is 0 Å². The van der Waals surface area contributed by atoms with Crippen molar-refractivity contribution in [1.29, 1.82) is 0 Å². The lowest BCUT2D eigenvalue weighted by atomic mass is 9.83. The lowest BCUT2D eigenvalue weighted by Crippen LogP contribution is -2.58. The van der Waals surface area contributed by atoms with Gasteiger partial charge in [-0.2, -0.15) is 0 Å². The number of carbonyl (C=O) groups is 1. The molecule has 9 heteroatoms. The number of carbonyl (C=O) groups excluding carboxylic acids is 1. The van der Waals surface area contributed by atoms with E-state index in [-0.39, 0.29) is 35.2 Å². The van der Waals surface area contributed by atoms with Gasteiger partial charge >= 0.3 is 6.03 Å². The van der Waals surface area contributed by atoms with E-state index >= 15 is 0 Å². The fraction of sp³-hybridized carbons (Fsp3) is 0.562. The van der Waals surface area contributed by atoms with E-state index in [0.29, 0.717) is 24.7 Å². The van der Waals surface area contributed by atoms with Crippen LogP contribution in [0, 0.1) is 16.0 Å². The monoisotopic (exact) mass is 386 g/mol. The molecular weight excluding hydrogens is 367 g/mol. The molecule has 0 aromatic heterocycles. The number of hydrogen-bond acceptors (Lipinski definition) is 4. The van der Waals surface area contributed by atoms with Crippen LogP contribution in [0.3, 0.4) is 0 Å². The summed E-state index contributed by atoms with van der Waals surface area (Å²) in [6, 6.07) is 4.77. The summed E-state index contributed by atoms with van der Waals surface area (Å²) in [6.07, 6.45) is 2.31. The summed E-state index contributed by atoms with van der Waals surface area (Å²) in [5.41, 5.74) is 0.378. The summed E-state index contributed by atoms with van der Waals surface area (Å²) < 4.78 is 0. The summed E-state index contributed by atoms with van der Waals surface area (Å²) in [5.74, 6) is 0.582. The van der Waals surface area contributed by atoms with Gasteiger partial charge in [0.2, 0.25) is 0 Å². The predicted octanol–water partition coefficient (Wildman–Crippen LogP) is 3.01. The van der Waals surface area contributed by atoms with Crippen molar-refractivity contribution in [3.05, 3.63) is 33.3 Å². The Bertz CT molecular complexity index is 694. The van der Waals surface area contributed by atoms with Gasteiger partial charge in [0.05, 0.1) is 10.6 Å². The van der Waals surface area contributed by atoms with Crippen molar-refractivity contribution >= 4 is 41.4 Å². The first-order chi connectivity index (χ1) is 11.5. The number of nitro groups is 1. The zero-order valence-corrected chi connectivity index (χ0v) is 15.2. The van der Waals surface area contributed by atoms with E-state index in [1.165, 1.54) is 12.1 Å². The summed E-state index contributed by atoms with van der Waals surface area (Å²) in [4.78, 5) is 29.4. The second-order valence-electron chi connectivity index (χ2n) is 6.73. The van der Waals surface area contributed by atoms with Gasteiger partial charge in [0, 0.05) is 31.7 Å². The zero-order chi connectivity index (χ0) is 16.8. The Balaban J connectivity index is 0.00000182. The minimum absolute atomic E-state index is 0. The number of nitro benzene ring substituents is 1. The van der Waals surface area contributed by atoms with Crippen molar-refractivity contribution in [3.8, 4) is 0 Å². The highest BCUT2D eigenvalue weighted by molar-refractivity contribution is 6.32. The van der Waals surface area contributed by atoms with E-state index < -0.39 is 4.92 Å². The topological polar surface area (TPSA) is 69.9 Å². The molecule has 7 nitrogen and oxygen atoms in total. The number of fused-ring (bicyclic) bond motifs is 3. The molecule has 4 heterocycles. The van der Waals surface area contributed by atoms with Gasteiger partial charge in [-0.25, -0.2) is 4.79 Å². The highest BCUT2D eigenvalue weighted by Crippen LogP contribution is 2.35. The van der Waals surface area contributed by atoms with Crippen LogP contribution in [0.5, 0.6) is 0 Å². The maximum Gasteiger partial charge on any atom is 0.324 e. The van der Waals surface area contributed by atoms with E-state index in [1.807, 2.05) is 4.90 Å². The van der Waals surface area contributed by atoms with E-state index in [2.05, 4.69) is 4.90 Å². The predicted molar refractivity (Wildman–Crippen MR) is 97.8 cm³/mol. The minimum atomic E-state index is -0.516. The van der Waals surface area contributed by atoms with E-state index in [9.17, 15) is 14.9 Å². The maximum absolute atomic E-state index is 12.9. The number of halogens is 2. The third-order valence-corrected chi connectivity index (χ3v) is 5.82. The third kappa shape index (κ3) is 3.16. The van der Waals surface area contributed by atoms with Crippen LogP contribution in [-0.4, -0.2) is 59.5 Å². The summed E-state index contributed by atoms with van der Waals surface area (Å²) in [7, 11) is 0. The van der Waals surface area contributed by atoms with Crippen LogP contribution in [0.25, 0.3) is 0 Å². The average Bonchev–Trinajstić information content (AvgIpc) is 2.97. The fourth-order valence-corrected chi connectivity index (χ4v) is 4.38. The normalized spacial score (nSPS) is 28.2. The van der Waals surface area contributed by atoms with Gasteiger partial charge < -0.3 is 9.80 Å². The van der Waals surface area contributed by atoms with Crippen LogP contribution < -0.4 is 4.90 Å². The summed E-state index contributed by atoms with van der Waals surface area (Å²) in [6.45, 7) is 4.45. The van der Waals surface area contributed by atoms with Crippen LogP contribution >= 0.6 is 24.0 Å². The number of urea groups is 1. The molecule has 2 amide bonds. The van der Waals surface area contributed by atoms with Gasteiger partial charge in [-0.1, -0.05) is 11.6 Å². The lowest BCUT2D eigenvalue weighted by molar-refractivity contribution is -0.384. The van der Waals surface area contributed by atoms with Crippen molar-refractivity contribution in [2.24, 2.45) is 5.92 Å². The zero-order valence-electron chi connectivity index (χ0n) is 13.6. The second-order valence-corrected chi connectivity index (χ2v) is 7.13. The molecule has 4 saturated heterocycles. The molecule has 5 rings (SSSR count). The van der Waals surface area contributed by atoms with Crippen LogP contribution in [0.15, 0.2) is 18.2 Å². The van der Waals surface area contributed by atoms with Crippen molar-refractivity contribution in [1.82, 2.24) is 9.80 Å². The second kappa shape index (κ2) is 6.97. The highest BCUT2D eigenvalue weighted by Gasteiger charge is 2.43. The maximum atomic E-state index is 12.9. The molecule has 4 fully saturated rings. The molecular formula is C16H20Cl2N4O3. The Morgan fingerprint density at radius 3 is 2.48 bits per heavy atom. The molecule has 1 unspecified atom stereocenters. The SMILES string of the molecule is Cl.O=C1N(c2ccc(Cl)c([N+](=O)[O-])c2)CCN1C1CN2CCC1CC2. The standard InChI is InChI=1S/C16H19ClN4O3.ClH/c17-13-2-1-12(9-14(13)21(23)24)19-7-8-20(16(19)22)15-10-18-5-3-11(15)4-6-18;/h1-2,9,11,15H,3-8,10H2;1H. The molecule has 4 aliphatic heterocycles. The first kappa shape index (κ1) is 18.2. The van der Waals surface area contributed by atoms with Crippen LogP contribution in [0.4, 0.5) is 16.2 Å². The Labute approximate surface area is 157 Å². The minimum Gasteiger partial charge on any atom is -0.318 e. The molecule has 2 bridgehead atoms. The quantitative estimate of drug-likeness (QED) is 0.591. The van der Waals surface area contributed by atoms with Crippen molar-refractivity contribution in [2.75, 3.05) is 37.6 Å². The third-order valence-electron chi connectivity index (χ3n) is 5.50. The van der Waals surface area contributed by atoms with Gasteiger partial charge in [0.25, 0.3) is 5.69 Å². The van der Waals surface area contributed by atoms with Gasteiger partial charge in [-0.05, 0) is 44.0 Å². The fourth-order valence-electron chi connectivity index (χ4n) is 4.20. The molecule has 0 saturated carbocycles. The van der Waals surface area contributed by atoms with E-state index in [1.54, 1.807) is 11.0 Å². The number of piperidine rings is 3. The number of rotatable bonds is 3. The molecule has 1 aromatic carbocycles. The number of amides is 2. The number of anilines is 1. The smallest absolute Gasteiger partial charge is 0.318 e. The van der Waals surface area contributed by atoms with E-state index in [0.717, 1.165) is 32.5 Å². The number of hydrogen-bond donors (Lipinski definition) is 0. The Hall–Kier alpha value is -1.57. The molecule has 0 N–H and O–H groups in total. The number of benzene rings is 1. The summed E-state index contributed by atoms with van der Waals surface area (Å²) in [5, 5.41) is 11.2. The lowest BCUT2D eigenvalue weighted by Gasteiger charge is -2.47. The highest BCUT2D eigenvalue weighted by atomic mass is 35.5. The molecule has 0 aliphatic carbocycles. The molecule has 4 aliphatic rings. The Morgan fingerprint density at radius 1 is 1.16 bits per heavy atom. The van der Waals surface area contributed by atoms with Crippen LogP contribution in [0.2, 0.25) is 5.02 Å². The number of nitrogens with zero attached hydrogens (tertiary/aromatic N) is 4. The molecule has 25 heavy (non-hydrogen) atoms.